The highest BCUT2D eigenvalue weighted by molar-refractivity contribution is 5.94. The number of carbonyl (C=O) groups is 5. The minimum Gasteiger partial charge on any atom is -0.480 e. The molecule has 194 valence electrons. The second-order valence-corrected chi connectivity index (χ2v) is 8.85. The van der Waals surface area contributed by atoms with Gasteiger partial charge in [0.15, 0.2) is 0 Å². The fourth-order valence-electron chi connectivity index (χ4n) is 4.00. The molecule has 0 radical (unpaired) electrons. The average Bonchev–Trinajstić information content (AvgIpc) is 3.50. The van der Waals surface area contributed by atoms with Crippen LogP contribution in [0.15, 0.2) is 12.5 Å². The number of hydrogen-bond acceptors (Lipinski definition) is 7. The van der Waals surface area contributed by atoms with Crippen LogP contribution < -0.4 is 22.1 Å². The molecule has 0 aliphatic carbocycles. The van der Waals surface area contributed by atoms with E-state index in [1.807, 2.05) is 0 Å². The van der Waals surface area contributed by atoms with E-state index >= 15 is 0 Å². The molecule has 2 heterocycles. The minimum absolute atomic E-state index is 0.111. The summed E-state index contributed by atoms with van der Waals surface area (Å²) in [6.07, 6.45) is 4.42. The van der Waals surface area contributed by atoms with Crippen LogP contribution in [-0.4, -0.2) is 80.3 Å². The van der Waals surface area contributed by atoms with Gasteiger partial charge in [-0.25, -0.2) is 9.78 Å². The van der Waals surface area contributed by atoms with Crippen LogP contribution in [0.3, 0.4) is 0 Å². The molecule has 2 rings (SSSR count). The molecule has 1 aromatic rings. The lowest BCUT2D eigenvalue weighted by molar-refractivity contribution is -0.144. The number of primary amides is 1. The van der Waals surface area contributed by atoms with Crippen LogP contribution in [0.2, 0.25) is 0 Å². The number of likely N-dealkylation sites (tertiary alicyclic amines) is 1. The molecule has 1 aliphatic heterocycles. The topological polar surface area (TPSA) is 214 Å². The van der Waals surface area contributed by atoms with Gasteiger partial charge < -0.3 is 37.1 Å². The van der Waals surface area contributed by atoms with E-state index in [1.54, 1.807) is 20.0 Å². The number of aromatic amines is 1. The molecule has 5 unspecified atom stereocenters. The highest BCUT2D eigenvalue weighted by Gasteiger charge is 2.38. The molecule has 0 bridgehead atoms. The molecule has 1 aromatic heterocycles. The van der Waals surface area contributed by atoms with Gasteiger partial charge in [0.2, 0.25) is 23.6 Å². The van der Waals surface area contributed by atoms with Crippen molar-refractivity contribution >= 4 is 29.6 Å². The molecule has 1 aliphatic rings. The molecule has 13 nitrogen and oxygen atoms in total. The van der Waals surface area contributed by atoms with Crippen molar-refractivity contribution in [3.05, 3.63) is 18.2 Å². The first-order valence-corrected chi connectivity index (χ1v) is 11.7. The Bertz CT molecular complexity index is 906. The molecule has 5 atom stereocenters. The Labute approximate surface area is 203 Å². The molecule has 35 heavy (non-hydrogen) atoms. The summed E-state index contributed by atoms with van der Waals surface area (Å²) < 4.78 is 0. The first kappa shape index (κ1) is 27.8. The van der Waals surface area contributed by atoms with E-state index in [9.17, 15) is 29.1 Å². The van der Waals surface area contributed by atoms with Crippen LogP contribution in [0.4, 0.5) is 0 Å². The predicted octanol–water partition coefficient (Wildman–Crippen LogP) is -1.36. The second-order valence-electron chi connectivity index (χ2n) is 8.85. The third-order valence-corrected chi connectivity index (χ3v) is 6.24. The van der Waals surface area contributed by atoms with Gasteiger partial charge in [-0.2, -0.15) is 0 Å². The Morgan fingerprint density at radius 2 is 2.00 bits per heavy atom. The maximum absolute atomic E-state index is 13.1. The van der Waals surface area contributed by atoms with E-state index in [4.69, 9.17) is 11.5 Å². The summed E-state index contributed by atoms with van der Waals surface area (Å²) in [4.78, 5) is 70.0. The number of rotatable bonds is 13. The fraction of sp³-hybridized carbons (Fsp3) is 0.636. The Morgan fingerprint density at radius 1 is 1.29 bits per heavy atom. The number of nitrogens with zero attached hydrogens (tertiary/aromatic N) is 2. The number of nitrogens with one attached hydrogen (secondary N) is 3. The van der Waals surface area contributed by atoms with Crippen LogP contribution in [-0.2, 0) is 30.4 Å². The Kier molecular flexibility index (Phi) is 10.2. The lowest BCUT2D eigenvalue weighted by Gasteiger charge is -2.29. The van der Waals surface area contributed by atoms with Crippen molar-refractivity contribution < 1.29 is 29.1 Å². The molecule has 1 fully saturated rings. The fourth-order valence-corrected chi connectivity index (χ4v) is 4.00. The van der Waals surface area contributed by atoms with Crippen molar-refractivity contribution in [1.82, 2.24) is 25.5 Å². The number of carboxylic acid groups (broad SMARTS) is 1. The summed E-state index contributed by atoms with van der Waals surface area (Å²) in [6, 6.07) is -4.09. The summed E-state index contributed by atoms with van der Waals surface area (Å²) in [5.74, 6) is -3.95. The Morgan fingerprint density at radius 3 is 2.57 bits per heavy atom. The van der Waals surface area contributed by atoms with Gasteiger partial charge in [0.1, 0.15) is 18.1 Å². The molecular weight excluding hydrogens is 458 g/mol. The summed E-state index contributed by atoms with van der Waals surface area (Å²) in [5.41, 5.74) is 12.0. The number of carboxylic acids is 1. The van der Waals surface area contributed by atoms with Crippen molar-refractivity contribution in [3.63, 3.8) is 0 Å². The zero-order valence-corrected chi connectivity index (χ0v) is 20.0. The van der Waals surface area contributed by atoms with Gasteiger partial charge in [-0.15, -0.1) is 0 Å². The molecule has 1 saturated heterocycles. The third-order valence-electron chi connectivity index (χ3n) is 6.24. The van der Waals surface area contributed by atoms with Crippen molar-refractivity contribution in [2.75, 3.05) is 6.54 Å². The van der Waals surface area contributed by atoms with Gasteiger partial charge in [-0.3, -0.25) is 19.2 Å². The Hall–Kier alpha value is -3.48. The number of H-pyrrole nitrogens is 1. The van der Waals surface area contributed by atoms with Crippen LogP contribution >= 0.6 is 0 Å². The number of hydrogen-bond donors (Lipinski definition) is 6. The number of amides is 4. The van der Waals surface area contributed by atoms with Crippen molar-refractivity contribution in [2.24, 2.45) is 17.4 Å². The molecule has 13 heteroatoms. The molecule has 0 aromatic carbocycles. The van der Waals surface area contributed by atoms with E-state index in [1.165, 1.54) is 11.2 Å². The number of aliphatic carboxylic acids is 1. The molecular formula is C22H35N7O6. The smallest absolute Gasteiger partial charge is 0.326 e. The highest BCUT2D eigenvalue weighted by Crippen LogP contribution is 2.19. The van der Waals surface area contributed by atoms with E-state index < -0.39 is 53.8 Å². The van der Waals surface area contributed by atoms with Gasteiger partial charge in [-0.1, -0.05) is 20.3 Å². The summed E-state index contributed by atoms with van der Waals surface area (Å²) in [6.45, 7) is 3.81. The lowest BCUT2D eigenvalue weighted by Crippen LogP contribution is -2.57. The van der Waals surface area contributed by atoms with Crippen LogP contribution in [0, 0.1) is 5.92 Å². The van der Waals surface area contributed by atoms with E-state index in [0.29, 0.717) is 31.5 Å². The van der Waals surface area contributed by atoms with Crippen LogP contribution in [0.1, 0.15) is 51.6 Å². The summed E-state index contributed by atoms with van der Waals surface area (Å²) in [5, 5.41) is 14.5. The van der Waals surface area contributed by atoms with E-state index in [2.05, 4.69) is 20.6 Å². The first-order valence-electron chi connectivity index (χ1n) is 11.7. The Balaban J connectivity index is 2.10. The second kappa shape index (κ2) is 12.8. The van der Waals surface area contributed by atoms with Gasteiger partial charge in [-0.05, 0) is 25.2 Å². The van der Waals surface area contributed by atoms with Gasteiger partial charge in [0.25, 0.3) is 0 Å². The number of nitrogens with two attached hydrogens (primary N) is 2. The molecule has 4 amide bonds. The maximum Gasteiger partial charge on any atom is 0.326 e. The number of imidazole rings is 1. The van der Waals surface area contributed by atoms with Crippen molar-refractivity contribution in [1.29, 1.82) is 0 Å². The molecule has 8 N–H and O–H groups in total. The average molecular weight is 494 g/mol. The number of aromatic nitrogens is 2. The maximum atomic E-state index is 13.1. The largest absolute Gasteiger partial charge is 0.480 e. The predicted molar refractivity (Wildman–Crippen MR) is 124 cm³/mol. The summed E-state index contributed by atoms with van der Waals surface area (Å²) in [7, 11) is 0. The normalized spacial score (nSPS) is 18.8. The SMILES string of the molecule is CCC(C)C(NC(=O)C(CCC(N)=O)NC(=O)C1CCCN1C(=O)C(N)Cc1cnc[nH]1)C(=O)O. The van der Waals surface area contributed by atoms with Crippen LogP contribution in [0.5, 0.6) is 0 Å². The zero-order valence-electron chi connectivity index (χ0n) is 20.0. The lowest BCUT2D eigenvalue weighted by atomic mass is 9.98. The standard InChI is InChI=1S/C22H35N7O6/c1-3-12(2)18(22(34)35)28-19(31)15(6-7-17(24)30)27-20(32)16-5-4-8-29(16)21(33)14(23)9-13-10-25-11-26-13/h10-12,14-16,18H,3-9,23H2,1-2H3,(H2,24,30)(H,25,26)(H,27,32)(H,28,31)(H,34,35). The van der Waals surface area contributed by atoms with Gasteiger partial charge in [0.05, 0.1) is 12.4 Å². The van der Waals surface area contributed by atoms with Crippen LogP contribution in [0.25, 0.3) is 0 Å². The van der Waals surface area contributed by atoms with Crippen molar-refractivity contribution in [2.45, 2.75) is 76.5 Å². The van der Waals surface area contributed by atoms with Gasteiger partial charge >= 0.3 is 5.97 Å². The van der Waals surface area contributed by atoms with E-state index in [0.717, 1.165) is 0 Å². The van der Waals surface area contributed by atoms with Crippen molar-refractivity contribution in [3.8, 4) is 0 Å². The quantitative estimate of drug-likeness (QED) is 0.192. The third kappa shape index (κ3) is 7.77. The minimum atomic E-state index is -1.20. The zero-order chi connectivity index (χ0) is 26.1. The van der Waals surface area contributed by atoms with Gasteiger partial charge in [0, 0.05) is 31.3 Å². The first-order chi connectivity index (χ1) is 16.5. The highest BCUT2D eigenvalue weighted by atomic mass is 16.4. The van der Waals surface area contributed by atoms with E-state index in [-0.39, 0.29) is 25.2 Å². The number of carbonyl (C=O) groups excluding carboxylic acids is 4. The molecule has 0 saturated carbocycles. The molecule has 0 spiro atoms. The monoisotopic (exact) mass is 493 g/mol. The summed E-state index contributed by atoms with van der Waals surface area (Å²) >= 11 is 0.